The Kier molecular flexibility index (Phi) is 7.26. The van der Waals surface area contributed by atoms with Crippen molar-refractivity contribution in [2.75, 3.05) is 5.75 Å². The van der Waals surface area contributed by atoms with E-state index in [4.69, 9.17) is 0 Å². The van der Waals surface area contributed by atoms with E-state index in [1.807, 2.05) is 30.8 Å². The van der Waals surface area contributed by atoms with Crippen LogP contribution in [0.25, 0.3) is 0 Å². The molecule has 0 aromatic heterocycles. The molecule has 2 heteroatoms. The fraction of sp³-hybridized carbons (Fsp3) is 0.625. The predicted octanol–water partition coefficient (Wildman–Crippen LogP) is 5.46. The average molecular weight is 266 g/mol. The van der Waals surface area contributed by atoms with Crippen LogP contribution in [0.1, 0.15) is 56.6 Å². The highest BCUT2D eigenvalue weighted by atomic mass is 32.2. The van der Waals surface area contributed by atoms with Crippen molar-refractivity contribution >= 4 is 11.8 Å². The molecule has 0 saturated heterocycles. The highest BCUT2D eigenvalue weighted by Crippen LogP contribution is 2.30. The first-order valence-electron chi connectivity index (χ1n) is 7.08. The third-order valence-electron chi connectivity index (χ3n) is 3.46. The number of hydrogen-bond acceptors (Lipinski definition) is 2. The van der Waals surface area contributed by atoms with Crippen LogP contribution in [0.15, 0.2) is 17.0 Å². The Bertz CT molecular complexity index is 360. The molecule has 0 heterocycles. The van der Waals surface area contributed by atoms with E-state index in [9.17, 15) is 5.11 Å². The second kappa shape index (κ2) is 8.47. The van der Waals surface area contributed by atoms with Crippen molar-refractivity contribution in [3.05, 3.63) is 23.3 Å². The lowest BCUT2D eigenvalue weighted by atomic mass is 10.1. The van der Waals surface area contributed by atoms with Crippen molar-refractivity contribution in [3.8, 4) is 5.75 Å². The van der Waals surface area contributed by atoms with Gasteiger partial charge in [0.1, 0.15) is 5.75 Å². The standard InChI is InChI=1S/C16H26OS/c1-4-5-6-7-8-9-12-18-16-11-10-15(17)13(2)14(16)3/h10-11,17H,4-9,12H2,1-3H3. The van der Waals surface area contributed by atoms with E-state index in [0.29, 0.717) is 5.75 Å². The minimum absolute atomic E-state index is 0.413. The molecule has 0 bridgehead atoms. The molecule has 1 N–H and O–H groups in total. The number of unbranched alkanes of at least 4 members (excludes halogenated alkanes) is 5. The molecule has 0 aliphatic carbocycles. The van der Waals surface area contributed by atoms with E-state index in [1.165, 1.54) is 54.7 Å². The highest BCUT2D eigenvalue weighted by molar-refractivity contribution is 7.99. The van der Waals surface area contributed by atoms with Crippen LogP contribution in [-0.4, -0.2) is 10.9 Å². The van der Waals surface area contributed by atoms with Crippen LogP contribution in [0.3, 0.4) is 0 Å². The SMILES string of the molecule is CCCCCCCCSc1ccc(O)c(C)c1C. The Labute approximate surface area is 116 Å². The first-order valence-corrected chi connectivity index (χ1v) is 8.07. The van der Waals surface area contributed by atoms with Crippen LogP contribution < -0.4 is 0 Å². The zero-order valence-electron chi connectivity index (χ0n) is 12.0. The maximum absolute atomic E-state index is 9.61. The molecule has 0 fully saturated rings. The lowest BCUT2D eigenvalue weighted by molar-refractivity contribution is 0.470. The number of aromatic hydroxyl groups is 1. The molecule has 0 atom stereocenters. The Balaban J connectivity index is 2.25. The molecule has 0 aliphatic rings. The van der Waals surface area contributed by atoms with Crippen molar-refractivity contribution in [3.63, 3.8) is 0 Å². The molecule has 102 valence electrons. The zero-order chi connectivity index (χ0) is 13.4. The van der Waals surface area contributed by atoms with Crippen molar-refractivity contribution in [1.82, 2.24) is 0 Å². The number of hydrogen-bond donors (Lipinski definition) is 1. The number of phenols is 1. The van der Waals surface area contributed by atoms with Gasteiger partial charge < -0.3 is 5.11 Å². The van der Waals surface area contributed by atoms with Gasteiger partial charge in [0.2, 0.25) is 0 Å². The van der Waals surface area contributed by atoms with Gasteiger partial charge in [-0.3, -0.25) is 0 Å². The molecule has 1 aromatic carbocycles. The van der Waals surface area contributed by atoms with E-state index >= 15 is 0 Å². The third-order valence-corrected chi connectivity index (χ3v) is 4.71. The topological polar surface area (TPSA) is 20.2 Å². The number of phenolic OH excluding ortho intramolecular Hbond substituents is 1. The molecule has 18 heavy (non-hydrogen) atoms. The molecule has 0 spiro atoms. The molecule has 0 amide bonds. The summed E-state index contributed by atoms with van der Waals surface area (Å²) < 4.78 is 0. The molecule has 1 nitrogen and oxygen atoms in total. The highest BCUT2D eigenvalue weighted by Gasteiger charge is 2.05. The second-order valence-electron chi connectivity index (χ2n) is 4.95. The lowest BCUT2D eigenvalue weighted by Crippen LogP contribution is -1.88. The van der Waals surface area contributed by atoms with Crippen LogP contribution >= 0.6 is 11.8 Å². The summed E-state index contributed by atoms with van der Waals surface area (Å²) in [6.07, 6.45) is 8.11. The molecule has 0 radical (unpaired) electrons. The quantitative estimate of drug-likeness (QED) is 0.498. The first-order chi connectivity index (χ1) is 8.66. The Morgan fingerprint density at radius 3 is 2.33 bits per heavy atom. The van der Waals surface area contributed by atoms with Crippen molar-refractivity contribution in [1.29, 1.82) is 0 Å². The summed E-state index contributed by atoms with van der Waals surface area (Å²) >= 11 is 1.92. The van der Waals surface area contributed by atoms with Gasteiger partial charge in [-0.2, -0.15) is 0 Å². The summed E-state index contributed by atoms with van der Waals surface area (Å²) in [5, 5.41) is 9.61. The van der Waals surface area contributed by atoms with Gasteiger partial charge in [-0.1, -0.05) is 39.0 Å². The average Bonchev–Trinajstić information content (AvgIpc) is 2.37. The fourth-order valence-corrected chi connectivity index (χ4v) is 3.10. The van der Waals surface area contributed by atoms with E-state index in [-0.39, 0.29) is 0 Å². The summed E-state index contributed by atoms with van der Waals surface area (Å²) in [5.41, 5.74) is 2.24. The summed E-state index contributed by atoms with van der Waals surface area (Å²) in [5.74, 6) is 1.60. The van der Waals surface area contributed by atoms with E-state index < -0.39 is 0 Å². The van der Waals surface area contributed by atoms with E-state index in [2.05, 4.69) is 13.8 Å². The fourth-order valence-electron chi connectivity index (χ4n) is 2.00. The minimum Gasteiger partial charge on any atom is -0.508 e. The van der Waals surface area contributed by atoms with E-state index in [0.717, 1.165) is 5.56 Å². The van der Waals surface area contributed by atoms with Gasteiger partial charge >= 0.3 is 0 Å². The molecule has 1 rings (SSSR count). The van der Waals surface area contributed by atoms with Gasteiger partial charge in [0, 0.05) is 4.90 Å². The van der Waals surface area contributed by atoms with Gasteiger partial charge in [-0.15, -0.1) is 11.8 Å². The number of benzene rings is 1. The lowest BCUT2D eigenvalue weighted by Gasteiger charge is -2.09. The maximum Gasteiger partial charge on any atom is 0.118 e. The van der Waals surface area contributed by atoms with Crippen molar-refractivity contribution in [2.24, 2.45) is 0 Å². The maximum atomic E-state index is 9.61. The summed E-state index contributed by atoms with van der Waals surface area (Å²) in [6, 6.07) is 3.85. The largest absolute Gasteiger partial charge is 0.508 e. The van der Waals surface area contributed by atoms with Gasteiger partial charge in [-0.25, -0.2) is 0 Å². The van der Waals surface area contributed by atoms with Gasteiger partial charge in [0.15, 0.2) is 0 Å². The molecule has 0 aliphatic heterocycles. The van der Waals surface area contributed by atoms with Crippen molar-refractivity contribution < 1.29 is 5.11 Å². The number of rotatable bonds is 8. The molecule has 1 aromatic rings. The predicted molar refractivity (Wildman–Crippen MR) is 81.7 cm³/mol. The van der Waals surface area contributed by atoms with Crippen LogP contribution in [-0.2, 0) is 0 Å². The van der Waals surface area contributed by atoms with Gasteiger partial charge in [-0.05, 0) is 49.3 Å². The monoisotopic (exact) mass is 266 g/mol. The van der Waals surface area contributed by atoms with E-state index in [1.54, 1.807) is 0 Å². The first kappa shape index (κ1) is 15.4. The van der Waals surface area contributed by atoms with Crippen LogP contribution in [0.2, 0.25) is 0 Å². The Morgan fingerprint density at radius 2 is 1.61 bits per heavy atom. The number of thioether (sulfide) groups is 1. The van der Waals surface area contributed by atoms with Crippen LogP contribution in [0, 0.1) is 13.8 Å². The van der Waals surface area contributed by atoms with Gasteiger partial charge in [0.05, 0.1) is 0 Å². The Morgan fingerprint density at radius 1 is 0.944 bits per heavy atom. The third kappa shape index (κ3) is 4.93. The van der Waals surface area contributed by atoms with Crippen LogP contribution in [0.5, 0.6) is 5.75 Å². The minimum atomic E-state index is 0.413. The summed E-state index contributed by atoms with van der Waals surface area (Å²) in [7, 11) is 0. The molecular weight excluding hydrogens is 240 g/mol. The molecular formula is C16H26OS. The molecule has 0 unspecified atom stereocenters. The zero-order valence-corrected chi connectivity index (χ0v) is 12.8. The smallest absolute Gasteiger partial charge is 0.118 e. The molecule has 0 saturated carbocycles. The summed E-state index contributed by atoms with van der Waals surface area (Å²) in [6.45, 7) is 6.34. The van der Waals surface area contributed by atoms with Crippen molar-refractivity contribution in [2.45, 2.75) is 64.2 Å². The Hall–Kier alpha value is -0.630. The normalized spacial score (nSPS) is 10.8. The second-order valence-corrected chi connectivity index (χ2v) is 6.09. The summed E-state index contributed by atoms with van der Waals surface area (Å²) in [4.78, 5) is 1.32. The van der Waals surface area contributed by atoms with Gasteiger partial charge in [0.25, 0.3) is 0 Å². The van der Waals surface area contributed by atoms with Crippen LogP contribution in [0.4, 0.5) is 0 Å².